The average Bonchev–Trinajstić information content (AvgIpc) is 4.01. The fourth-order valence-electron chi connectivity index (χ4n) is 7.63. The number of ether oxygens (including phenoxy) is 3. The Labute approximate surface area is 332 Å². The molecule has 0 spiro atoms. The topological polar surface area (TPSA) is 194 Å². The molecule has 2 aliphatic carbocycles. The van der Waals surface area contributed by atoms with Gasteiger partial charge in [-0.05, 0) is 90.3 Å². The number of carbonyl (C=O) groups is 4. The number of nitrogens with one attached hydrogen (secondary N) is 2. The molecule has 0 unspecified atom stereocenters. The zero-order valence-electron chi connectivity index (χ0n) is 32.8. The van der Waals surface area contributed by atoms with Gasteiger partial charge in [0.25, 0.3) is 5.91 Å². The van der Waals surface area contributed by atoms with Crippen LogP contribution in [0.1, 0.15) is 73.1 Å². The van der Waals surface area contributed by atoms with E-state index in [1.54, 1.807) is 25.1 Å². The molecule has 58 heavy (non-hydrogen) atoms. The molecule has 2 saturated carbocycles. The highest BCUT2D eigenvalue weighted by atomic mass is 32.2. The first-order chi connectivity index (χ1) is 27.0. The second kappa shape index (κ2) is 15.1. The van der Waals surface area contributed by atoms with Gasteiger partial charge in [0.1, 0.15) is 29.3 Å². The Balaban J connectivity index is 1.43. The predicted molar refractivity (Wildman–Crippen MR) is 199 cm³/mol. The Hall–Kier alpha value is -4.72. The second-order valence-electron chi connectivity index (χ2n) is 16.3. The molecule has 0 radical (unpaired) electrons. The largest absolute Gasteiger partial charge is 0.494 e. The van der Waals surface area contributed by atoms with Crippen LogP contribution >= 0.6 is 0 Å². The predicted octanol–water partition coefficient (Wildman–Crippen LogP) is 4.44. The van der Waals surface area contributed by atoms with Crippen molar-refractivity contribution >= 4 is 44.6 Å². The molecule has 15 nitrogen and oxygen atoms in total. The van der Waals surface area contributed by atoms with E-state index in [-0.39, 0.29) is 41.2 Å². The lowest BCUT2D eigenvalue weighted by Gasteiger charge is -2.45. The number of rotatable bonds is 8. The second-order valence-corrected chi connectivity index (χ2v) is 18.5. The highest BCUT2D eigenvalue weighted by molar-refractivity contribution is 7.91. The average molecular weight is 842 g/mol. The van der Waals surface area contributed by atoms with Crippen molar-refractivity contribution in [2.75, 3.05) is 13.7 Å². The molecule has 318 valence electrons. The number of carboxylic acid groups (broad SMARTS) is 1. The number of benzene rings is 1. The van der Waals surface area contributed by atoms with Crippen LogP contribution in [0.15, 0.2) is 36.5 Å². The van der Waals surface area contributed by atoms with E-state index < -0.39 is 105 Å². The van der Waals surface area contributed by atoms with E-state index in [1.165, 1.54) is 33.2 Å². The van der Waals surface area contributed by atoms with Gasteiger partial charge in [0.15, 0.2) is 11.6 Å². The number of allylic oxidation sites excluding steroid dienone is 1. The summed E-state index contributed by atoms with van der Waals surface area (Å²) in [5.41, 5.74) is -4.93. The SMILES string of the molecule is COc1cc2ccnc(O[C@@H]3C[C@H]4C(=O)N[C@]5(C(=O)NS(=O)(=O)C6(C)CC6)C[C@H]5/C=C\CC[C@@H](C)O[C@@H](C)[C@H](N(C(=O)O)C(C)(C)C(F)(F)F)C(=O)N4C3)c2cc1F. The number of halogens is 4. The molecule has 1 aromatic heterocycles. The lowest BCUT2D eigenvalue weighted by Crippen LogP contribution is -2.67. The number of hydrogen-bond acceptors (Lipinski definition) is 10. The number of nitrogens with zero attached hydrogens (tertiary/aromatic N) is 3. The summed E-state index contributed by atoms with van der Waals surface area (Å²) in [6.45, 7) is 5.08. The van der Waals surface area contributed by atoms with Crippen LogP contribution in [0.3, 0.4) is 0 Å². The minimum atomic E-state index is -5.18. The van der Waals surface area contributed by atoms with E-state index in [4.69, 9.17) is 14.2 Å². The fraction of sp³-hybridized carbons (Fsp3) is 0.605. The number of sulfonamides is 1. The normalized spacial score (nSPS) is 29.5. The molecule has 6 rings (SSSR count). The standard InChI is InChI=1S/C38H47F4N5O10S/c1-20-9-7-8-10-23-18-37(23,33(50)45-58(53,54)36(5)12-13-36)44-30(48)27-16-24(57-31-25-17-26(39)28(55-6)15-22(25)11-14-43-31)19-46(27)32(49)29(21(2)56-20)47(34(51)52)35(3,4)38(40,41)42/h8,10-11,14-15,17,20-21,23-24,27,29H,7,9,12-13,16,18-19H2,1-6H3,(H,44,48)(H,45,50)(H,51,52)/b10-8-/t20-,21+,23-,24-,27+,29+,37-/m1/s1. The van der Waals surface area contributed by atoms with Gasteiger partial charge in [-0.1, -0.05) is 12.2 Å². The van der Waals surface area contributed by atoms with Gasteiger partial charge in [0, 0.05) is 23.9 Å². The quantitative estimate of drug-likeness (QED) is 0.252. The van der Waals surface area contributed by atoms with Crippen molar-refractivity contribution < 1.29 is 64.5 Å². The summed E-state index contributed by atoms with van der Waals surface area (Å²) in [4.78, 5) is 61.2. The summed E-state index contributed by atoms with van der Waals surface area (Å²) >= 11 is 0. The van der Waals surface area contributed by atoms with Crippen LogP contribution in [0.2, 0.25) is 0 Å². The first-order valence-electron chi connectivity index (χ1n) is 18.9. The molecule has 3 heterocycles. The van der Waals surface area contributed by atoms with Gasteiger partial charge in [0.05, 0.1) is 30.6 Å². The van der Waals surface area contributed by atoms with E-state index in [0.29, 0.717) is 38.5 Å². The van der Waals surface area contributed by atoms with Crippen molar-refractivity contribution in [3.05, 3.63) is 42.4 Å². The summed E-state index contributed by atoms with van der Waals surface area (Å²) in [5.74, 6) is -4.81. The third-order valence-electron chi connectivity index (χ3n) is 11.8. The summed E-state index contributed by atoms with van der Waals surface area (Å²) in [6.07, 6.45) is -5.04. The summed E-state index contributed by atoms with van der Waals surface area (Å²) < 4.78 is 103. The Morgan fingerprint density at radius 2 is 1.86 bits per heavy atom. The molecular formula is C38H47F4N5O10S. The summed E-state index contributed by atoms with van der Waals surface area (Å²) in [7, 11) is -2.88. The highest BCUT2D eigenvalue weighted by Gasteiger charge is 2.64. The number of amides is 4. The molecule has 4 amide bonds. The highest BCUT2D eigenvalue weighted by Crippen LogP contribution is 2.48. The zero-order valence-corrected chi connectivity index (χ0v) is 33.6. The molecule has 0 bridgehead atoms. The zero-order chi connectivity index (χ0) is 42.7. The maximum atomic E-state index is 14.9. The first kappa shape index (κ1) is 42.9. The monoisotopic (exact) mass is 841 g/mol. The molecular weight excluding hydrogens is 795 g/mol. The molecule has 1 saturated heterocycles. The van der Waals surface area contributed by atoms with E-state index in [1.807, 2.05) is 0 Å². The molecule has 2 aliphatic heterocycles. The third kappa shape index (κ3) is 7.88. The van der Waals surface area contributed by atoms with Crippen molar-refractivity contribution in [1.82, 2.24) is 24.8 Å². The van der Waals surface area contributed by atoms with Gasteiger partial charge in [-0.15, -0.1) is 0 Å². The number of aromatic nitrogens is 1. The number of pyridine rings is 1. The van der Waals surface area contributed by atoms with Gasteiger partial charge < -0.3 is 29.5 Å². The van der Waals surface area contributed by atoms with Crippen LogP contribution in [-0.4, -0.2) is 118 Å². The lowest BCUT2D eigenvalue weighted by molar-refractivity contribution is -0.225. The van der Waals surface area contributed by atoms with Crippen LogP contribution in [0, 0.1) is 11.7 Å². The van der Waals surface area contributed by atoms with Crippen LogP contribution in [0.5, 0.6) is 11.6 Å². The van der Waals surface area contributed by atoms with E-state index in [2.05, 4.69) is 15.0 Å². The Morgan fingerprint density at radius 3 is 2.48 bits per heavy atom. The van der Waals surface area contributed by atoms with Gasteiger partial charge >= 0.3 is 12.3 Å². The van der Waals surface area contributed by atoms with E-state index >= 15 is 0 Å². The molecule has 2 aromatic rings. The summed E-state index contributed by atoms with van der Waals surface area (Å²) in [6, 6.07) is 0.309. The molecule has 3 fully saturated rings. The van der Waals surface area contributed by atoms with Crippen LogP contribution in [-0.2, 0) is 29.1 Å². The van der Waals surface area contributed by atoms with Crippen molar-refractivity contribution in [3.8, 4) is 11.6 Å². The van der Waals surface area contributed by atoms with Crippen molar-refractivity contribution in [1.29, 1.82) is 0 Å². The van der Waals surface area contributed by atoms with Gasteiger partial charge in [0.2, 0.25) is 27.7 Å². The lowest BCUT2D eigenvalue weighted by atomic mass is 9.96. The molecule has 4 aliphatic rings. The molecule has 1 aromatic carbocycles. The third-order valence-corrected chi connectivity index (χ3v) is 13.9. The van der Waals surface area contributed by atoms with Crippen molar-refractivity contribution in [2.45, 2.75) is 126 Å². The Morgan fingerprint density at radius 1 is 1.17 bits per heavy atom. The number of fused-ring (bicyclic) bond motifs is 3. The van der Waals surface area contributed by atoms with E-state index in [9.17, 15) is 50.3 Å². The van der Waals surface area contributed by atoms with Gasteiger partial charge in [-0.2, -0.15) is 13.2 Å². The minimum absolute atomic E-state index is 0.0128. The maximum Gasteiger partial charge on any atom is 0.411 e. The number of alkyl halides is 3. The van der Waals surface area contributed by atoms with Gasteiger partial charge in [-0.25, -0.2) is 22.6 Å². The Kier molecular flexibility index (Phi) is 11.2. The Bertz CT molecular complexity index is 2130. The smallest absolute Gasteiger partial charge is 0.411 e. The van der Waals surface area contributed by atoms with Crippen LogP contribution < -0.4 is 19.5 Å². The van der Waals surface area contributed by atoms with Gasteiger partial charge in [-0.3, -0.25) is 24.0 Å². The summed E-state index contributed by atoms with van der Waals surface area (Å²) in [5, 5.41) is 13.7. The minimum Gasteiger partial charge on any atom is -0.494 e. The number of carbonyl (C=O) groups excluding carboxylic acids is 3. The van der Waals surface area contributed by atoms with Crippen molar-refractivity contribution in [3.63, 3.8) is 0 Å². The molecule has 7 atom stereocenters. The van der Waals surface area contributed by atoms with Crippen LogP contribution in [0.4, 0.5) is 22.4 Å². The number of hydrogen-bond donors (Lipinski definition) is 3. The van der Waals surface area contributed by atoms with Crippen LogP contribution in [0.25, 0.3) is 10.8 Å². The van der Waals surface area contributed by atoms with Crippen molar-refractivity contribution in [2.24, 2.45) is 5.92 Å². The molecule has 3 N–H and O–H groups in total. The first-order valence-corrected chi connectivity index (χ1v) is 20.3. The van der Waals surface area contributed by atoms with E-state index in [0.717, 1.165) is 11.0 Å². The maximum absolute atomic E-state index is 14.9. The number of methoxy groups -OCH3 is 1. The molecule has 20 heteroatoms. The fourth-order valence-corrected chi connectivity index (χ4v) is 8.94.